The number of likely N-dealkylation sites (N-methyl/N-ethyl adjacent to an activating group) is 1. The average molecular weight is 343 g/mol. The summed E-state index contributed by atoms with van der Waals surface area (Å²) >= 11 is 0. The molecule has 0 aliphatic carbocycles. The molecule has 1 N–H and O–H groups in total. The van der Waals surface area contributed by atoms with Crippen LogP contribution in [-0.2, 0) is 4.79 Å². The fourth-order valence-electron chi connectivity index (χ4n) is 3.03. The number of furan rings is 1. The monoisotopic (exact) mass is 343 g/mol. The highest BCUT2D eigenvalue weighted by Crippen LogP contribution is 2.32. The molecule has 6 nitrogen and oxygen atoms in total. The standard InChI is InChI=1S/C19H25N3O3/c1-13(2)12-16(23)20-17-14-6-4-5-7-15(14)25-18(17)19(24)22-10-8-21(3)9-11-22/h4-7,13H,8-12H2,1-3H3,(H,20,23). The summed E-state index contributed by atoms with van der Waals surface area (Å²) in [4.78, 5) is 29.2. The van der Waals surface area contributed by atoms with E-state index in [2.05, 4.69) is 10.2 Å². The van der Waals surface area contributed by atoms with E-state index in [1.54, 1.807) is 4.90 Å². The number of hydrogen-bond acceptors (Lipinski definition) is 4. The van der Waals surface area contributed by atoms with Crippen LogP contribution in [0.1, 0.15) is 30.8 Å². The molecule has 2 amide bonds. The van der Waals surface area contributed by atoms with Gasteiger partial charge < -0.3 is 19.5 Å². The minimum Gasteiger partial charge on any atom is -0.449 e. The Kier molecular flexibility index (Phi) is 5.08. The molecule has 1 aliphatic heterocycles. The highest BCUT2D eigenvalue weighted by Gasteiger charge is 2.28. The Balaban J connectivity index is 1.92. The Labute approximate surface area is 147 Å². The van der Waals surface area contributed by atoms with Crippen LogP contribution in [-0.4, -0.2) is 54.8 Å². The van der Waals surface area contributed by atoms with Gasteiger partial charge in [-0.1, -0.05) is 26.0 Å². The fraction of sp³-hybridized carbons (Fsp3) is 0.474. The number of piperazine rings is 1. The van der Waals surface area contributed by atoms with Crippen LogP contribution in [0.2, 0.25) is 0 Å². The third kappa shape index (κ3) is 3.85. The number of hydrogen-bond donors (Lipinski definition) is 1. The van der Waals surface area contributed by atoms with Crippen LogP contribution < -0.4 is 5.32 Å². The predicted octanol–water partition coefficient (Wildman–Crippen LogP) is 2.81. The van der Waals surface area contributed by atoms with E-state index in [0.29, 0.717) is 30.8 Å². The van der Waals surface area contributed by atoms with Gasteiger partial charge in [0.1, 0.15) is 11.3 Å². The molecule has 0 bridgehead atoms. The van der Waals surface area contributed by atoms with Gasteiger partial charge in [-0.15, -0.1) is 0 Å². The number of fused-ring (bicyclic) bond motifs is 1. The molecule has 0 atom stereocenters. The first-order valence-electron chi connectivity index (χ1n) is 8.75. The first-order chi connectivity index (χ1) is 12.0. The third-order valence-corrected chi connectivity index (χ3v) is 4.44. The summed E-state index contributed by atoms with van der Waals surface area (Å²) in [6.07, 6.45) is 0.404. The Morgan fingerprint density at radius 1 is 1.16 bits per heavy atom. The second-order valence-electron chi connectivity index (χ2n) is 7.04. The van der Waals surface area contributed by atoms with E-state index >= 15 is 0 Å². The maximum Gasteiger partial charge on any atom is 0.291 e. The second-order valence-corrected chi connectivity index (χ2v) is 7.04. The van der Waals surface area contributed by atoms with Gasteiger partial charge in [0.15, 0.2) is 0 Å². The predicted molar refractivity (Wildman–Crippen MR) is 97.7 cm³/mol. The van der Waals surface area contributed by atoms with E-state index in [4.69, 9.17) is 4.42 Å². The highest BCUT2D eigenvalue weighted by atomic mass is 16.3. The van der Waals surface area contributed by atoms with Crippen LogP contribution in [0, 0.1) is 5.92 Å². The number of carbonyl (C=O) groups excluding carboxylic acids is 2. The van der Waals surface area contributed by atoms with Gasteiger partial charge in [0, 0.05) is 38.0 Å². The van der Waals surface area contributed by atoms with Gasteiger partial charge in [-0.25, -0.2) is 0 Å². The lowest BCUT2D eigenvalue weighted by Crippen LogP contribution is -2.47. The lowest BCUT2D eigenvalue weighted by Gasteiger charge is -2.32. The molecule has 2 heterocycles. The lowest BCUT2D eigenvalue weighted by molar-refractivity contribution is -0.116. The van der Waals surface area contributed by atoms with E-state index in [1.807, 2.05) is 45.2 Å². The SMILES string of the molecule is CC(C)CC(=O)Nc1c(C(=O)N2CCN(C)CC2)oc2ccccc12. The van der Waals surface area contributed by atoms with Crippen molar-refractivity contribution in [2.45, 2.75) is 20.3 Å². The van der Waals surface area contributed by atoms with Gasteiger partial charge >= 0.3 is 0 Å². The zero-order chi connectivity index (χ0) is 18.0. The molecule has 1 fully saturated rings. The molecule has 0 unspecified atom stereocenters. The molecule has 1 aliphatic rings. The van der Waals surface area contributed by atoms with Crippen LogP contribution in [0.3, 0.4) is 0 Å². The average Bonchev–Trinajstić information content (AvgIpc) is 2.93. The lowest BCUT2D eigenvalue weighted by atomic mass is 10.1. The van der Waals surface area contributed by atoms with Crippen molar-refractivity contribution < 1.29 is 14.0 Å². The van der Waals surface area contributed by atoms with Crippen molar-refractivity contribution in [1.29, 1.82) is 0 Å². The highest BCUT2D eigenvalue weighted by molar-refractivity contribution is 6.10. The van der Waals surface area contributed by atoms with Gasteiger partial charge in [0.2, 0.25) is 11.7 Å². The van der Waals surface area contributed by atoms with E-state index < -0.39 is 0 Å². The number of anilines is 1. The van der Waals surface area contributed by atoms with E-state index in [0.717, 1.165) is 18.5 Å². The Morgan fingerprint density at radius 3 is 2.52 bits per heavy atom. The topological polar surface area (TPSA) is 65.8 Å². The molecule has 0 spiro atoms. The van der Waals surface area contributed by atoms with Crippen molar-refractivity contribution in [2.75, 3.05) is 38.5 Å². The van der Waals surface area contributed by atoms with Gasteiger partial charge in [0.05, 0.1) is 0 Å². The molecule has 0 radical (unpaired) electrons. The molecule has 1 aromatic carbocycles. The maximum absolute atomic E-state index is 13.0. The van der Waals surface area contributed by atoms with Gasteiger partial charge in [-0.2, -0.15) is 0 Å². The maximum atomic E-state index is 13.0. The zero-order valence-corrected chi connectivity index (χ0v) is 15.0. The number of amides is 2. The van der Waals surface area contributed by atoms with Crippen LogP contribution in [0.15, 0.2) is 28.7 Å². The summed E-state index contributed by atoms with van der Waals surface area (Å²) in [6, 6.07) is 7.41. The molecule has 1 saturated heterocycles. The van der Waals surface area contributed by atoms with Crippen molar-refractivity contribution in [1.82, 2.24) is 9.80 Å². The minimum atomic E-state index is -0.163. The largest absolute Gasteiger partial charge is 0.449 e. The van der Waals surface area contributed by atoms with Crippen molar-refractivity contribution in [3.63, 3.8) is 0 Å². The summed E-state index contributed by atoms with van der Waals surface area (Å²) in [6.45, 7) is 6.96. The Hall–Kier alpha value is -2.34. The van der Waals surface area contributed by atoms with Gasteiger partial charge in [-0.3, -0.25) is 9.59 Å². The van der Waals surface area contributed by atoms with Crippen molar-refractivity contribution in [3.05, 3.63) is 30.0 Å². The van der Waals surface area contributed by atoms with Crippen LogP contribution in [0.5, 0.6) is 0 Å². The third-order valence-electron chi connectivity index (χ3n) is 4.44. The van der Waals surface area contributed by atoms with Crippen molar-refractivity contribution in [2.24, 2.45) is 5.92 Å². The Bertz CT molecular complexity index is 773. The summed E-state index contributed by atoms with van der Waals surface area (Å²) in [5.74, 6) is 0.205. The molecule has 0 saturated carbocycles. The molecule has 25 heavy (non-hydrogen) atoms. The van der Waals surface area contributed by atoms with Gasteiger partial charge in [-0.05, 0) is 25.1 Å². The summed E-state index contributed by atoms with van der Waals surface area (Å²) in [5.41, 5.74) is 1.10. The van der Waals surface area contributed by atoms with Crippen LogP contribution >= 0.6 is 0 Å². The number of nitrogens with zero attached hydrogens (tertiary/aromatic N) is 2. The zero-order valence-electron chi connectivity index (χ0n) is 15.0. The molecule has 2 aromatic rings. The second kappa shape index (κ2) is 7.27. The van der Waals surface area contributed by atoms with E-state index in [1.165, 1.54) is 0 Å². The molecule has 3 rings (SSSR count). The van der Waals surface area contributed by atoms with Crippen molar-refractivity contribution >= 4 is 28.5 Å². The van der Waals surface area contributed by atoms with Crippen LogP contribution in [0.4, 0.5) is 5.69 Å². The summed E-state index contributed by atoms with van der Waals surface area (Å²) in [5, 5.41) is 3.66. The first-order valence-corrected chi connectivity index (χ1v) is 8.75. The first kappa shape index (κ1) is 17.5. The number of benzene rings is 1. The normalized spacial score (nSPS) is 15.8. The minimum absolute atomic E-state index is 0.103. The van der Waals surface area contributed by atoms with E-state index in [-0.39, 0.29) is 23.5 Å². The number of para-hydroxylation sites is 1. The van der Waals surface area contributed by atoms with E-state index in [9.17, 15) is 9.59 Å². The molecular weight excluding hydrogens is 318 g/mol. The Morgan fingerprint density at radius 2 is 1.84 bits per heavy atom. The van der Waals surface area contributed by atoms with Crippen molar-refractivity contribution in [3.8, 4) is 0 Å². The van der Waals surface area contributed by atoms with Gasteiger partial charge in [0.25, 0.3) is 5.91 Å². The number of nitrogens with one attached hydrogen (secondary N) is 1. The molecule has 1 aromatic heterocycles. The number of rotatable bonds is 4. The quantitative estimate of drug-likeness (QED) is 0.927. The molecule has 6 heteroatoms. The number of carbonyl (C=O) groups is 2. The summed E-state index contributed by atoms with van der Waals surface area (Å²) < 4.78 is 5.83. The fourth-order valence-corrected chi connectivity index (χ4v) is 3.03. The smallest absolute Gasteiger partial charge is 0.291 e. The molecular formula is C19H25N3O3. The molecule has 134 valence electrons. The summed E-state index contributed by atoms with van der Waals surface area (Å²) in [7, 11) is 2.04. The van der Waals surface area contributed by atoms with Crippen LogP contribution in [0.25, 0.3) is 11.0 Å².